The van der Waals surface area contributed by atoms with Crippen LogP contribution in [0.15, 0.2) is 140 Å². The van der Waals surface area contributed by atoms with Crippen LogP contribution in [0, 0.1) is 32.9 Å². The predicted molar refractivity (Wildman–Crippen MR) is 244 cm³/mol. The summed E-state index contributed by atoms with van der Waals surface area (Å²) in [6.07, 6.45) is 3.96. The SMILES string of the molecule is Cc1cc(C)c(-c2cnn(-c3[c-]c4c(cc3)C(C)(C)c3ccccc3N4c3[c-]c4c(cc3)c3ccccc3n4-c3cc(C(C)(C)C)ccn3)c2-c2ccccc2)c(C)c1.[Pt+2]. The summed E-state index contributed by atoms with van der Waals surface area (Å²) >= 11 is 0. The van der Waals surface area contributed by atoms with Gasteiger partial charge in [-0.1, -0.05) is 136 Å². The van der Waals surface area contributed by atoms with E-state index in [1.54, 1.807) is 0 Å². The number of aryl methyl sites for hydroxylation is 3. The van der Waals surface area contributed by atoms with Crippen LogP contribution in [0.5, 0.6) is 0 Å². The molecule has 0 amide bonds. The number of para-hydroxylation sites is 2. The van der Waals surface area contributed by atoms with Crippen LogP contribution in [0.4, 0.5) is 17.1 Å². The third-order valence-electron chi connectivity index (χ3n) is 12.3. The molecule has 1 aliphatic rings. The molecule has 0 saturated carbocycles. The first kappa shape index (κ1) is 39.4. The molecular weight excluding hydrogens is 914 g/mol. The number of rotatable bonds is 5. The second-order valence-corrected chi connectivity index (χ2v) is 17.7. The molecule has 298 valence electrons. The van der Waals surface area contributed by atoms with Crippen molar-refractivity contribution < 1.29 is 21.1 Å². The Morgan fingerprint density at radius 3 is 2.13 bits per heavy atom. The first-order valence-corrected chi connectivity index (χ1v) is 20.5. The number of aromatic nitrogens is 4. The molecule has 4 heterocycles. The monoisotopic (exact) mass is 960 g/mol. The number of hydrogen-bond acceptors (Lipinski definition) is 3. The largest absolute Gasteiger partial charge is 2.00 e. The van der Waals surface area contributed by atoms with Gasteiger partial charge in [0.25, 0.3) is 0 Å². The van der Waals surface area contributed by atoms with Gasteiger partial charge in [-0.05, 0) is 94.8 Å². The topological polar surface area (TPSA) is 38.9 Å². The zero-order valence-electron chi connectivity index (χ0n) is 35.3. The Labute approximate surface area is 367 Å². The maximum Gasteiger partial charge on any atom is 2.00 e. The molecule has 0 fully saturated rings. The van der Waals surface area contributed by atoms with E-state index >= 15 is 0 Å². The van der Waals surface area contributed by atoms with Crippen molar-refractivity contribution in [2.75, 3.05) is 4.90 Å². The van der Waals surface area contributed by atoms with Gasteiger partial charge in [0.1, 0.15) is 5.82 Å². The second-order valence-electron chi connectivity index (χ2n) is 17.7. The third-order valence-corrected chi connectivity index (χ3v) is 12.3. The van der Waals surface area contributed by atoms with Crippen LogP contribution in [0.1, 0.15) is 68.0 Å². The maximum atomic E-state index is 5.15. The summed E-state index contributed by atoms with van der Waals surface area (Å²) in [5.74, 6) is 0.883. The fraction of sp³-hybridized carbons (Fsp3) is 0.185. The number of fused-ring (bicyclic) bond motifs is 5. The Bertz CT molecular complexity index is 3080. The quantitative estimate of drug-likeness (QED) is 0.161. The average Bonchev–Trinajstić information content (AvgIpc) is 3.80. The summed E-state index contributed by atoms with van der Waals surface area (Å²) < 4.78 is 4.35. The van der Waals surface area contributed by atoms with Crippen LogP contribution >= 0.6 is 0 Å². The van der Waals surface area contributed by atoms with Crippen molar-refractivity contribution in [2.24, 2.45) is 0 Å². The minimum Gasteiger partial charge on any atom is -0.358 e. The van der Waals surface area contributed by atoms with Crippen molar-refractivity contribution in [1.29, 1.82) is 0 Å². The molecule has 5 nitrogen and oxygen atoms in total. The van der Waals surface area contributed by atoms with Crippen LogP contribution in [0.2, 0.25) is 0 Å². The summed E-state index contributed by atoms with van der Waals surface area (Å²) in [6, 6.07) is 53.7. The molecule has 0 spiro atoms. The first-order valence-electron chi connectivity index (χ1n) is 20.5. The van der Waals surface area contributed by atoms with Gasteiger partial charge in [-0.15, -0.1) is 35.2 Å². The van der Waals surface area contributed by atoms with Gasteiger partial charge in [0.15, 0.2) is 0 Å². The molecule has 0 N–H and O–H groups in total. The Morgan fingerprint density at radius 1 is 0.667 bits per heavy atom. The van der Waals surface area contributed by atoms with Crippen LogP contribution in [-0.4, -0.2) is 19.3 Å². The second kappa shape index (κ2) is 14.6. The van der Waals surface area contributed by atoms with E-state index in [-0.39, 0.29) is 31.9 Å². The van der Waals surface area contributed by atoms with Gasteiger partial charge in [0.2, 0.25) is 0 Å². The van der Waals surface area contributed by atoms with Gasteiger partial charge in [-0.2, -0.15) is 17.2 Å². The van der Waals surface area contributed by atoms with E-state index in [2.05, 4.69) is 209 Å². The van der Waals surface area contributed by atoms with E-state index in [0.29, 0.717) is 0 Å². The van der Waals surface area contributed by atoms with E-state index in [9.17, 15) is 0 Å². The van der Waals surface area contributed by atoms with Crippen molar-refractivity contribution in [2.45, 2.75) is 66.2 Å². The summed E-state index contributed by atoms with van der Waals surface area (Å²) in [7, 11) is 0. The third kappa shape index (κ3) is 6.25. The molecule has 6 aromatic carbocycles. The van der Waals surface area contributed by atoms with E-state index in [1.165, 1.54) is 44.3 Å². The maximum absolute atomic E-state index is 5.15. The number of benzene rings is 6. The fourth-order valence-electron chi connectivity index (χ4n) is 9.44. The molecule has 0 aliphatic carbocycles. The minimum atomic E-state index is -0.290. The minimum absolute atomic E-state index is 0. The van der Waals surface area contributed by atoms with Crippen LogP contribution in [0.25, 0.3) is 55.7 Å². The van der Waals surface area contributed by atoms with Crippen LogP contribution in [-0.2, 0) is 31.9 Å². The number of hydrogen-bond donors (Lipinski definition) is 0. The fourth-order valence-corrected chi connectivity index (χ4v) is 9.44. The average molecular weight is 961 g/mol. The molecule has 0 atom stereocenters. The summed E-state index contributed by atoms with van der Waals surface area (Å²) in [6.45, 7) is 17.9. The molecule has 9 aromatic rings. The Morgan fingerprint density at radius 2 is 1.37 bits per heavy atom. The van der Waals surface area contributed by atoms with E-state index < -0.39 is 0 Å². The smallest absolute Gasteiger partial charge is 0.358 e. The summed E-state index contributed by atoms with van der Waals surface area (Å²) in [5, 5.41) is 7.46. The van der Waals surface area contributed by atoms with Crippen molar-refractivity contribution >= 4 is 38.9 Å². The molecule has 10 rings (SSSR count). The molecule has 1 aliphatic heterocycles. The first-order chi connectivity index (χ1) is 28.4. The van der Waals surface area contributed by atoms with E-state index in [0.717, 1.165) is 61.8 Å². The van der Waals surface area contributed by atoms with Gasteiger partial charge in [0.05, 0.1) is 11.9 Å². The predicted octanol–water partition coefficient (Wildman–Crippen LogP) is 13.6. The molecular formula is C54H47N5Pt. The molecule has 0 saturated heterocycles. The van der Waals surface area contributed by atoms with Gasteiger partial charge in [-0.3, -0.25) is 4.68 Å². The summed E-state index contributed by atoms with van der Waals surface area (Å²) in [5.41, 5.74) is 17.5. The van der Waals surface area contributed by atoms with Gasteiger partial charge in [0, 0.05) is 28.5 Å². The Hall–Kier alpha value is -6.03. The molecule has 6 heteroatoms. The number of anilines is 3. The Balaban J connectivity index is 0.00000462. The zero-order valence-corrected chi connectivity index (χ0v) is 37.6. The molecule has 0 unspecified atom stereocenters. The standard InChI is InChI=1S/C54H47N5.Pt/c1-34-28-35(2)51(36(3)29-34)43-33-56-59(52(43)37-16-10-9-11-17-37)40-23-25-45-49(32-40)57(47-21-15-13-19-44(47)54(45,7)8)39-22-24-42-41-18-12-14-20-46(41)58(48(42)31-39)50-30-38(26-27-55-50)53(4,5)6;/h9-30,33H,1-8H3;/q-2;+2. The summed E-state index contributed by atoms with van der Waals surface area (Å²) in [4.78, 5) is 7.31. The van der Waals surface area contributed by atoms with Crippen LogP contribution < -0.4 is 4.90 Å². The van der Waals surface area contributed by atoms with E-state index in [1.807, 2.05) is 12.4 Å². The van der Waals surface area contributed by atoms with Crippen molar-refractivity contribution in [3.8, 4) is 33.9 Å². The van der Waals surface area contributed by atoms with Crippen molar-refractivity contribution in [3.63, 3.8) is 0 Å². The molecule has 0 radical (unpaired) electrons. The van der Waals surface area contributed by atoms with Gasteiger partial charge in [-0.25, -0.2) is 4.98 Å². The van der Waals surface area contributed by atoms with Gasteiger partial charge < -0.3 is 9.47 Å². The van der Waals surface area contributed by atoms with E-state index in [4.69, 9.17) is 10.1 Å². The Kier molecular flexibility index (Phi) is 9.60. The van der Waals surface area contributed by atoms with Crippen LogP contribution in [0.3, 0.4) is 0 Å². The van der Waals surface area contributed by atoms with Crippen molar-refractivity contribution in [1.82, 2.24) is 19.3 Å². The number of nitrogens with zero attached hydrogens (tertiary/aromatic N) is 5. The normalized spacial score (nSPS) is 13.3. The van der Waals surface area contributed by atoms with Crippen molar-refractivity contribution in [3.05, 3.63) is 185 Å². The van der Waals surface area contributed by atoms with Gasteiger partial charge >= 0.3 is 21.1 Å². The zero-order chi connectivity index (χ0) is 40.8. The molecule has 0 bridgehead atoms. The number of pyridine rings is 1. The molecule has 60 heavy (non-hydrogen) atoms. The molecule has 3 aromatic heterocycles.